The first-order valence-electron chi connectivity index (χ1n) is 9.63. The molecule has 150 valence electrons. The summed E-state index contributed by atoms with van der Waals surface area (Å²) in [6, 6.07) is 16.7. The van der Waals surface area contributed by atoms with Crippen LogP contribution in [0.1, 0.15) is 18.4 Å². The molecule has 1 aromatic heterocycles. The molecule has 0 N–H and O–H groups in total. The van der Waals surface area contributed by atoms with E-state index < -0.39 is 0 Å². The molecule has 0 aliphatic rings. The quantitative estimate of drug-likeness (QED) is 0.296. The normalized spacial score (nSPS) is 10.8. The van der Waals surface area contributed by atoms with Gasteiger partial charge in [-0.25, -0.2) is 4.79 Å². The van der Waals surface area contributed by atoms with Crippen LogP contribution in [0.15, 0.2) is 63.8 Å². The molecule has 0 aliphatic heterocycles. The summed E-state index contributed by atoms with van der Waals surface area (Å²) in [6.45, 7) is 2.90. The number of rotatable bonds is 10. The minimum atomic E-state index is -0.361. The van der Waals surface area contributed by atoms with Crippen molar-refractivity contribution in [2.75, 3.05) is 26.8 Å². The van der Waals surface area contributed by atoms with Crippen LogP contribution in [0.3, 0.4) is 0 Å². The summed E-state index contributed by atoms with van der Waals surface area (Å²) in [6.07, 6.45) is 7.40. The van der Waals surface area contributed by atoms with Gasteiger partial charge in [0.25, 0.3) is 0 Å². The fourth-order valence-electron chi connectivity index (χ4n) is 3.09. The van der Waals surface area contributed by atoms with E-state index in [1.807, 2.05) is 24.3 Å². The highest BCUT2D eigenvalue weighted by Crippen LogP contribution is 2.19. The standard InChI is InChI=1S/C24H25NO4/c1-3-14-25(18-19-6-10-21(27-2)11-7-19)15-4-5-16-28-22-12-8-20-9-13-24(26)29-23(20)17-22/h1,6-13,17H,4-5,14-16,18H2,2H3. The van der Waals surface area contributed by atoms with Crippen molar-refractivity contribution in [3.8, 4) is 23.8 Å². The Bertz CT molecular complexity index is 1020. The molecule has 0 radical (unpaired) electrons. The number of terminal acetylenes is 1. The van der Waals surface area contributed by atoms with Gasteiger partial charge in [-0.05, 0) is 55.3 Å². The summed E-state index contributed by atoms with van der Waals surface area (Å²) in [5.74, 6) is 4.28. The van der Waals surface area contributed by atoms with Crippen molar-refractivity contribution in [3.63, 3.8) is 0 Å². The molecule has 0 unspecified atom stereocenters. The number of hydrogen-bond acceptors (Lipinski definition) is 5. The average Bonchev–Trinajstić information content (AvgIpc) is 2.74. The summed E-state index contributed by atoms with van der Waals surface area (Å²) in [5.41, 5.74) is 1.38. The largest absolute Gasteiger partial charge is 0.497 e. The second kappa shape index (κ2) is 10.4. The topological polar surface area (TPSA) is 51.9 Å². The van der Waals surface area contributed by atoms with E-state index in [9.17, 15) is 4.79 Å². The van der Waals surface area contributed by atoms with Gasteiger partial charge in [0.2, 0.25) is 0 Å². The number of nitrogens with zero attached hydrogens (tertiary/aromatic N) is 1. The molecule has 0 amide bonds. The third kappa shape index (κ3) is 6.13. The molecule has 5 heteroatoms. The Morgan fingerprint density at radius 2 is 1.79 bits per heavy atom. The van der Waals surface area contributed by atoms with Gasteiger partial charge in [0.15, 0.2) is 0 Å². The van der Waals surface area contributed by atoms with E-state index in [1.165, 1.54) is 11.6 Å². The van der Waals surface area contributed by atoms with Crippen molar-refractivity contribution in [3.05, 3.63) is 70.6 Å². The predicted octanol–water partition coefficient (Wildman–Crippen LogP) is 4.10. The Balaban J connectivity index is 1.45. The van der Waals surface area contributed by atoms with Gasteiger partial charge < -0.3 is 13.9 Å². The molecular weight excluding hydrogens is 366 g/mol. The second-order valence-corrected chi connectivity index (χ2v) is 6.77. The van der Waals surface area contributed by atoms with Crippen LogP contribution in [0.5, 0.6) is 11.5 Å². The lowest BCUT2D eigenvalue weighted by molar-refractivity contribution is 0.263. The summed E-state index contributed by atoms with van der Waals surface area (Å²) >= 11 is 0. The van der Waals surface area contributed by atoms with Gasteiger partial charge in [-0.3, -0.25) is 4.90 Å². The highest BCUT2D eigenvalue weighted by Gasteiger charge is 2.06. The predicted molar refractivity (Wildman–Crippen MR) is 114 cm³/mol. The molecule has 5 nitrogen and oxygen atoms in total. The van der Waals surface area contributed by atoms with Gasteiger partial charge in [-0.15, -0.1) is 6.42 Å². The van der Waals surface area contributed by atoms with Gasteiger partial charge in [-0.1, -0.05) is 18.1 Å². The van der Waals surface area contributed by atoms with Crippen LogP contribution in [0, 0.1) is 12.3 Å². The van der Waals surface area contributed by atoms with Crippen LogP contribution in [0.2, 0.25) is 0 Å². The van der Waals surface area contributed by atoms with Crippen molar-refractivity contribution in [1.29, 1.82) is 0 Å². The van der Waals surface area contributed by atoms with E-state index in [0.717, 1.165) is 37.1 Å². The second-order valence-electron chi connectivity index (χ2n) is 6.77. The van der Waals surface area contributed by atoms with E-state index in [-0.39, 0.29) is 5.63 Å². The van der Waals surface area contributed by atoms with Gasteiger partial charge in [0, 0.05) is 24.1 Å². The summed E-state index contributed by atoms with van der Waals surface area (Å²) in [4.78, 5) is 13.6. The number of hydrogen-bond donors (Lipinski definition) is 0. The van der Waals surface area contributed by atoms with E-state index in [1.54, 1.807) is 19.2 Å². The highest BCUT2D eigenvalue weighted by molar-refractivity contribution is 5.77. The van der Waals surface area contributed by atoms with Crippen molar-refractivity contribution in [2.24, 2.45) is 0 Å². The number of benzene rings is 2. The first-order chi connectivity index (χ1) is 14.2. The SMILES string of the molecule is C#CCN(CCCCOc1ccc2ccc(=O)oc2c1)Cc1ccc(OC)cc1. The van der Waals surface area contributed by atoms with E-state index in [4.69, 9.17) is 20.3 Å². The maximum Gasteiger partial charge on any atom is 0.336 e. The summed E-state index contributed by atoms with van der Waals surface area (Å²) in [5, 5.41) is 0.875. The maximum atomic E-state index is 11.3. The molecule has 3 rings (SSSR count). The highest BCUT2D eigenvalue weighted by atomic mass is 16.5. The Kier molecular flexibility index (Phi) is 7.32. The number of ether oxygens (including phenoxy) is 2. The summed E-state index contributed by atoms with van der Waals surface area (Å²) < 4.78 is 16.2. The molecule has 0 saturated heterocycles. The zero-order valence-electron chi connectivity index (χ0n) is 16.6. The van der Waals surface area contributed by atoms with Crippen LogP contribution in [0.25, 0.3) is 11.0 Å². The average molecular weight is 391 g/mol. The smallest absolute Gasteiger partial charge is 0.336 e. The van der Waals surface area contributed by atoms with Crippen molar-refractivity contribution in [1.82, 2.24) is 4.90 Å². The third-order valence-electron chi connectivity index (χ3n) is 4.61. The zero-order chi connectivity index (χ0) is 20.5. The van der Waals surface area contributed by atoms with Gasteiger partial charge in [-0.2, -0.15) is 0 Å². The minimum absolute atomic E-state index is 0.361. The molecule has 0 bridgehead atoms. The Morgan fingerprint density at radius 1 is 1.03 bits per heavy atom. The lowest BCUT2D eigenvalue weighted by atomic mass is 10.2. The molecule has 0 atom stereocenters. The fraction of sp³-hybridized carbons (Fsp3) is 0.292. The number of fused-ring (bicyclic) bond motifs is 1. The summed E-state index contributed by atoms with van der Waals surface area (Å²) in [7, 11) is 1.66. The molecule has 0 fully saturated rings. The van der Waals surface area contributed by atoms with Crippen LogP contribution >= 0.6 is 0 Å². The maximum absolute atomic E-state index is 11.3. The van der Waals surface area contributed by atoms with Gasteiger partial charge in [0.1, 0.15) is 17.1 Å². The van der Waals surface area contributed by atoms with Crippen molar-refractivity contribution < 1.29 is 13.9 Å². The van der Waals surface area contributed by atoms with E-state index in [0.29, 0.717) is 24.5 Å². The molecule has 2 aromatic carbocycles. The molecule has 0 aliphatic carbocycles. The molecule has 0 saturated carbocycles. The third-order valence-corrected chi connectivity index (χ3v) is 4.61. The lowest BCUT2D eigenvalue weighted by Crippen LogP contribution is -2.25. The molecule has 3 aromatic rings. The van der Waals surface area contributed by atoms with Crippen molar-refractivity contribution in [2.45, 2.75) is 19.4 Å². The molecule has 1 heterocycles. The lowest BCUT2D eigenvalue weighted by Gasteiger charge is -2.20. The first-order valence-corrected chi connectivity index (χ1v) is 9.63. The monoisotopic (exact) mass is 391 g/mol. The van der Waals surface area contributed by atoms with Crippen LogP contribution in [-0.2, 0) is 6.54 Å². The molecule has 0 spiro atoms. The van der Waals surface area contributed by atoms with Crippen LogP contribution < -0.4 is 15.1 Å². The van der Waals surface area contributed by atoms with E-state index in [2.05, 4.69) is 23.0 Å². The number of unbranched alkanes of at least 4 members (excludes halogenated alkanes) is 1. The Hall–Kier alpha value is -3.23. The van der Waals surface area contributed by atoms with Gasteiger partial charge >= 0.3 is 5.63 Å². The zero-order valence-corrected chi connectivity index (χ0v) is 16.6. The molecular formula is C24H25NO4. The fourth-order valence-corrected chi connectivity index (χ4v) is 3.09. The molecule has 29 heavy (non-hydrogen) atoms. The Labute approximate surface area is 170 Å². The Morgan fingerprint density at radius 3 is 2.55 bits per heavy atom. The van der Waals surface area contributed by atoms with Crippen LogP contribution in [-0.4, -0.2) is 31.7 Å². The van der Waals surface area contributed by atoms with E-state index >= 15 is 0 Å². The minimum Gasteiger partial charge on any atom is -0.497 e. The first kappa shape index (κ1) is 20.5. The number of methoxy groups -OCH3 is 1. The van der Waals surface area contributed by atoms with Gasteiger partial charge in [0.05, 0.1) is 20.3 Å². The van der Waals surface area contributed by atoms with Crippen LogP contribution in [0.4, 0.5) is 0 Å². The van der Waals surface area contributed by atoms with Crippen molar-refractivity contribution >= 4 is 11.0 Å².